The highest BCUT2D eigenvalue weighted by molar-refractivity contribution is 9.10. The van der Waals surface area contributed by atoms with Crippen molar-refractivity contribution in [3.05, 3.63) is 70.2 Å². The van der Waals surface area contributed by atoms with E-state index in [-0.39, 0.29) is 29.8 Å². The summed E-state index contributed by atoms with van der Waals surface area (Å²) >= 11 is 3.48. The second-order valence-corrected chi connectivity index (χ2v) is 11.6. The van der Waals surface area contributed by atoms with E-state index in [0.717, 1.165) is 61.9 Å². The predicted molar refractivity (Wildman–Crippen MR) is 151 cm³/mol. The molecule has 0 radical (unpaired) electrons. The van der Waals surface area contributed by atoms with E-state index < -0.39 is 0 Å². The fraction of sp³-hybridized carbons (Fsp3) is 0.517. The third-order valence-corrected chi connectivity index (χ3v) is 8.09. The highest BCUT2D eigenvalue weighted by Gasteiger charge is 2.47. The molecule has 0 aliphatic carbocycles. The number of carbonyl (C=O) groups is 2. The number of halogens is 2. The molecule has 7 heteroatoms. The lowest BCUT2D eigenvalue weighted by atomic mass is 9.77. The van der Waals surface area contributed by atoms with E-state index in [1.165, 1.54) is 5.56 Å². The molecule has 196 valence electrons. The second-order valence-electron chi connectivity index (χ2n) is 10.6. The molecule has 2 saturated heterocycles. The topological polar surface area (TPSA) is 52.7 Å². The Bertz CT molecular complexity index is 991. The molecule has 36 heavy (non-hydrogen) atoms. The molecule has 2 aliphatic rings. The molecule has 1 atom stereocenters. The maximum absolute atomic E-state index is 13.4. The maximum Gasteiger partial charge on any atom is 0.229 e. The van der Waals surface area contributed by atoms with Gasteiger partial charge in [-0.1, -0.05) is 72.2 Å². The summed E-state index contributed by atoms with van der Waals surface area (Å²) in [5.41, 5.74) is 2.16. The van der Waals surface area contributed by atoms with Gasteiger partial charge < -0.3 is 15.1 Å². The van der Waals surface area contributed by atoms with Crippen LogP contribution in [0.5, 0.6) is 0 Å². The van der Waals surface area contributed by atoms with Gasteiger partial charge in [-0.3, -0.25) is 9.59 Å². The summed E-state index contributed by atoms with van der Waals surface area (Å²) in [6.07, 6.45) is 4.25. The van der Waals surface area contributed by atoms with Crippen LogP contribution in [0.4, 0.5) is 0 Å². The van der Waals surface area contributed by atoms with Gasteiger partial charge in [-0.25, -0.2) is 0 Å². The van der Waals surface area contributed by atoms with Gasteiger partial charge in [0.1, 0.15) is 0 Å². The molecule has 4 rings (SSSR count). The molecule has 0 saturated carbocycles. The molecule has 2 aromatic carbocycles. The van der Waals surface area contributed by atoms with Crippen molar-refractivity contribution in [1.82, 2.24) is 15.1 Å². The van der Waals surface area contributed by atoms with Gasteiger partial charge in [-0.15, -0.1) is 12.4 Å². The number of nitrogens with one attached hydrogen (secondary N) is 1. The van der Waals surface area contributed by atoms with Crippen LogP contribution in [0.3, 0.4) is 0 Å². The summed E-state index contributed by atoms with van der Waals surface area (Å²) < 4.78 is 1.06. The smallest absolute Gasteiger partial charge is 0.229 e. The standard InChI is InChI=1S/C29H38BrN3O2.ClH/c1-22(2)20-27(34)31-26(24-6-4-3-5-7-24)12-16-32-17-13-29(14-18-32)15-19-33(28(29)35)21-23-8-10-25(30)11-9-23;/h3-11,22,26H,12-21H2,1-2H3,(H,31,34);1H/t26-;/m0./s1. The van der Waals surface area contributed by atoms with Gasteiger partial charge in [-0.2, -0.15) is 0 Å². The minimum Gasteiger partial charge on any atom is -0.349 e. The third kappa shape index (κ3) is 7.33. The van der Waals surface area contributed by atoms with Crippen LogP contribution in [-0.4, -0.2) is 47.8 Å². The van der Waals surface area contributed by atoms with Gasteiger partial charge >= 0.3 is 0 Å². The number of hydrogen-bond donors (Lipinski definition) is 1. The summed E-state index contributed by atoms with van der Waals surface area (Å²) in [5, 5.41) is 3.26. The quantitative estimate of drug-likeness (QED) is 0.400. The summed E-state index contributed by atoms with van der Waals surface area (Å²) in [4.78, 5) is 30.4. The van der Waals surface area contributed by atoms with E-state index in [2.05, 4.69) is 69.2 Å². The fourth-order valence-corrected chi connectivity index (χ4v) is 5.73. The average molecular weight is 577 g/mol. The molecule has 5 nitrogen and oxygen atoms in total. The van der Waals surface area contributed by atoms with Gasteiger partial charge in [0, 0.05) is 30.5 Å². The fourth-order valence-electron chi connectivity index (χ4n) is 5.47. The molecular weight excluding hydrogens is 538 g/mol. The molecule has 2 aliphatic heterocycles. The first-order valence-corrected chi connectivity index (χ1v) is 13.7. The molecule has 1 N–H and O–H groups in total. The predicted octanol–water partition coefficient (Wildman–Crippen LogP) is 5.98. The summed E-state index contributed by atoms with van der Waals surface area (Å²) in [5.74, 6) is 0.800. The molecule has 0 aromatic heterocycles. The highest BCUT2D eigenvalue weighted by Crippen LogP contribution is 2.42. The normalized spacial score (nSPS) is 18.3. The number of benzene rings is 2. The van der Waals surface area contributed by atoms with Gasteiger partial charge in [0.25, 0.3) is 0 Å². The maximum atomic E-state index is 13.4. The first kappa shape index (κ1) is 28.7. The van der Waals surface area contributed by atoms with Crippen molar-refractivity contribution in [2.45, 2.75) is 58.5 Å². The molecule has 2 fully saturated rings. The van der Waals surface area contributed by atoms with Crippen LogP contribution in [0.2, 0.25) is 0 Å². The van der Waals surface area contributed by atoms with Crippen LogP contribution in [0.15, 0.2) is 59.1 Å². The number of rotatable bonds is 9. The first-order chi connectivity index (χ1) is 16.8. The Hall–Kier alpha value is -1.89. The van der Waals surface area contributed by atoms with Crippen molar-refractivity contribution < 1.29 is 9.59 Å². The van der Waals surface area contributed by atoms with Crippen molar-refractivity contribution >= 4 is 40.2 Å². The van der Waals surface area contributed by atoms with Crippen molar-refractivity contribution in [2.75, 3.05) is 26.2 Å². The molecule has 0 bridgehead atoms. The van der Waals surface area contributed by atoms with Crippen LogP contribution < -0.4 is 5.32 Å². The lowest BCUT2D eigenvalue weighted by molar-refractivity contribution is -0.139. The SMILES string of the molecule is CC(C)CC(=O)N[C@@H](CCN1CCC2(CC1)CCN(Cc1ccc(Br)cc1)C2=O)c1ccccc1.Cl. The largest absolute Gasteiger partial charge is 0.349 e. The summed E-state index contributed by atoms with van der Waals surface area (Å²) in [6.45, 7) is 8.52. The lowest BCUT2D eigenvalue weighted by Gasteiger charge is -2.38. The molecular formula is C29H39BrClN3O2. The van der Waals surface area contributed by atoms with E-state index in [9.17, 15) is 9.59 Å². The number of hydrogen-bond acceptors (Lipinski definition) is 3. The Kier molecular flexibility index (Phi) is 10.4. The van der Waals surface area contributed by atoms with Gasteiger partial charge in [-0.05, 0) is 68.0 Å². The van der Waals surface area contributed by atoms with Crippen molar-refractivity contribution in [3.63, 3.8) is 0 Å². The Morgan fingerprint density at radius 3 is 2.28 bits per heavy atom. The minimum atomic E-state index is -0.184. The first-order valence-electron chi connectivity index (χ1n) is 13.0. The van der Waals surface area contributed by atoms with Crippen LogP contribution >= 0.6 is 28.3 Å². The van der Waals surface area contributed by atoms with Gasteiger partial charge in [0.05, 0.1) is 11.5 Å². The molecule has 2 aromatic rings. The second kappa shape index (κ2) is 13.1. The number of amides is 2. The Morgan fingerprint density at radius 2 is 1.64 bits per heavy atom. The van der Waals surface area contributed by atoms with Gasteiger partial charge in [0.2, 0.25) is 11.8 Å². The zero-order valence-corrected chi connectivity index (χ0v) is 23.8. The van der Waals surface area contributed by atoms with E-state index in [1.807, 2.05) is 30.3 Å². The Morgan fingerprint density at radius 1 is 1.00 bits per heavy atom. The number of nitrogens with zero attached hydrogens (tertiary/aromatic N) is 2. The van der Waals surface area contributed by atoms with E-state index in [1.54, 1.807) is 0 Å². The van der Waals surface area contributed by atoms with Crippen molar-refractivity contribution in [1.29, 1.82) is 0 Å². The third-order valence-electron chi connectivity index (χ3n) is 7.57. The Labute approximate surface area is 230 Å². The van der Waals surface area contributed by atoms with E-state index in [0.29, 0.717) is 24.8 Å². The summed E-state index contributed by atoms with van der Waals surface area (Å²) in [6, 6.07) is 18.6. The number of piperidine rings is 1. The van der Waals surface area contributed by atoms with Gasteiger partial charge in [0.15, 0.2) is 0 Å². The van der Waals surface area contributed by atoms with Crippen LogP contribution in [0, 0.1) is 11.3 Å². The molecule has 2 amide bonds. The highest BCUT2D eigenvalue weighted by atomic mass is 79.9. The van der Waals surface area contributed by atoms with Crippen molar-refractivity contribution in [3.8, 4) is 0 Å². The number of likely N-dealkylation sites (tertiary alicyclic amines) is 2. The van der Waals surface area contributed by atoms with Crippen LogP contribution in [0.1, 0.15) is 63.1 Å². The Balaban J connectivity index is 0.00000361. The lowest BCUT2D eigenvalue weighted by Crippen LogP contribution is -2.45. The summed E-state index contributed by atoms with van der Waals surface area (Å²) in [7, 11) is 0. The van der Waals surface area contributed by atoms with Crippen molar-refractivity contribution in [2.24, 2.45) is 11.3 Å². The zero-order chi connectivity index (χ0) is 24.8. The number of carbonyl (C=O) groups excluding carboxylic acids is 2. The monoisotopic (exact) mass is 575 g/mol. The van der Waals surface area contributed by atoms with E-state index in [4.69, 9.17) is 0 Å². The van der Waals surface area contributed by atoms with Crippen LogP contribution in [0.25, 0.3) is 0 Å². The molecule has 2 heterocycles. The van der Waals surface area contributed by atoms with E-state index >= 15 is 0 Å². The van der Waals surface area contributed by atoms with Crippen LogP contribution in [-0.2, 0) is 16.1 Å². The zero-order valence-electron chi connectivity index (χ0n) is 21.4. The average Bonchev–Trinajstić information content (AvgIpc) is 3.14. The molecule has 1 spiro atoms. The minimum absolute atomic E-state index is 0. The molecule has 0 unspecified atom stereocenters.